The van der Waals surface area contributed by atoms with E-state index in [4.69, 9.17) is 20.8 Å². The van der Waals surface area contributed by atoms with Crippen molar-refractivity contribution in [2.45, 2.75) is 43.7 Å². The number of anilines is 1. The molecule has 2 aromatic rings. The predicted octanol–water partition coefficient (Wildman–Crippen LogP) is 2.66. The van der Waals surface area contributed by atoms with Crippen molar-refractivity contribution in [2.75, 3.05) is 38.2 Å². The number of rotatable bonds is 6. The number of piperidine rings is 1. The van der Waals surface area contributed by atoms with Crippen molar-refractivity contribution >= 4 is 27.3 Å². The lowest BCUT2D eigenvalue weighted by Crippen LogP contribution is -2.41. The summed E-state index contributed by atoms with van der Waals surface area (Å²) in [6.45, 7) is 4.44. The van der Waals surface area contributed by atoms with E-state index in [0.717, 1.165) is 19.4 Å². The number of halogens is 1. The second-order valence-corrected chi connectivity index (χ2v) is 10.3. The van der Waals surface area contributed by atoms with Gasteiger partial charge in [0, 0.05) is 26.2 Å². The van der Waals surface area contributed by atoms with E-state index in [2.05, 4.69) is 10.4 Å². The van der Waals surface area contributed by atoms with E-state index in [1.165, 1.54) is 15.1 Å². The highest BCUT2D eigenvalue weighted by molar-refractivity contribution is 7.89. The van der Waals surface area contributed by atoms with Gasteiger partial charge >= 0.3 is 0 Å². The second kappa shape index (κ2) is 9.32. The van der Waals surface area contributed by atoms with Crippen LogP contribution in [0.5, 0.6) is 0 Å². The molecule has 0 unspecified atom stereocenters. The zero-order valence-electron chi connectivity index (χ0n) is 17.4. The van der Waals surface area contributed by atoms with Gasteiger partial charge in [-0.25, -0.2) is 13.1 Å². The SMILES string of the molecule is Cc1ccc(S(=O)(=O)N2CCC(n3ncc(NC[C@H]4CCCOC4)c(Cl)c3=O)CC2)o1. The third-order valence-electron chi connectivity index (χ3n) is 5.86. The maximum absolute atomic E-state index is 12.8. The molecule has 170 valence electrons. The van der Waals surface area contributed by atoms with Crippen LogP contribution in [0, 0.1) is 12.8 Å². The van der Waals surface area contributed by atoms with Crippen molar-refractivity contribution in [2.24, 2.45) is 5.92 Å². The van der Waals surface area contributed by atoms with Crippen LogP contribution in [0.2, 0.25) is 5.02 Å². The Morgan fingerprint density at radius 2 is 2.03 bits per heavy atom. The van der Waals surface area contributed by atoms with Gasteiger partial charge < -0.3 is 14.5 Å². The second-order valence-electron chi connectivity index (χ2n) is 8.09. The Morgan fingerprint density at radius 1 is 1.26 bits per heavy atom. The van der Waals surface area contributed by atoms with Crippen LogP contribution in [-0.2, 0) is 14.8 Å². The Kier molecular flexibility index (Phi) is 6.71. The van der Waals surface area contributed by atoms with Gasteiger partial charge in [-0.3, -0.25) is 4.79 Å². The molecule has 11 heteroatoms. The molecule has 0 spiro atoms. The molecule has 1 atom stereocenters. The van der Waals surface area contributed by atoms with Crippen molar-refractivity contribution < 1.29 is 17.6 Å². The largest absolute Gasteiger partial charge is 0.449 e. The summed E-state index contributed by atoms with van der Waals surface area (Å²) in [6, 6.07) is 2.88. The van der Waals surface area contributed by atoms with E-state index >= 15 is 0 Å². The molecule has 0 bridgehead atoms. The number of sulfonamides is 1. The normalized spacial score (nSPS) is 21.3. The fourth-order valence-corrected chi connectivity index (χ4v) is 5.68. The molecule has 2 fully saturated rings. The molecule has 0 saturated carbocycles. The zero-order valence-corrected chi connectivity index (χ0v) is 19.0. The Balaban J connectivity index is 1.40. The molecular formula is C20H27ClN4O5S. The summed E-state index contributed by atoms with van der Waals surface area (Å²) in [6.07, 6.45) is 4.62. The monoisotopic (exact) mass is 470 g/mol. The molecule has 4 heterocycles. The number of furan rings is 1. The molecular weight excluding hydrogens is 444 g/mol. The number of nitrogens with zero attached hydrogens (tertiary/aromatic N) is 3. The van der Waals surface area contributed by atoms with E-state index < -0.39 is 10.0 Å². The molecule has 0 radical (unpaired) electrons. The van der Waals surface area contributed by atoms with Crippen LogP contribution in [0.15, 0.2) is 32.6 Å². The van der Waals surface area contributed by atoms with E-state index in [0.29, 0.717) is 43.4 Å². The van der Waals surface area contributed by atoms with Crippen LogP contribution in [0.3, 0.4) is 0 Å². The lowest BCUT2D eigenvalue weighted by Gasteiger charge is -2.31. The highest BCUT2D eigenvalue weighted by atomic mass is 35.5. The van der Waals surface area contributed by atoms with E-state index in [1.54, 1.807) is 19.2 Å². The van der Waals surface area contributed by atoms with Crippen LogP contribution in [0.1, 0.15) is 37.5 Å². The van der Waals surface area contributed by atoms with Gasteiger partial charge in [-0.1, -0.05) is 11.6 Å². The highest BCUT2D eigenvalue weighted by Crippen LogP contribution is 2.27. The Bertz CT molecular complexity index is 1070. The summed E-state index contributed by atoms with van der Waals surface area (Å²) in [5.41, 5.74) is 0.149. The van der Waals surface area contributed by atoms with Crippen molar-refractivity contribution in [1.29, 1.82) is 0 Å². The molecule has 1 N–H and O–H groups in total. The summed E-state index contributed by atoms with van der Waals surface area (Å²) in [7, 11) is -3.68. The molecule has 2 aromatic heterocycles. The first kappa shape index (κ1) is 22.3. The van der Waals surface area contributed by atoms with E-state index in [1.807, 2.05) is 0 Å². The topological polar surface area (TPSA) is 107 Å². The summed E-state index contributed by atoms with van der Waals surface area (Å²) >= 11 is 6.33. The minimum absolute atomic E-state index is 0.0550. The summed E-state index contributed by atoms with van der Waals surface area (Å²) in [5, 5.41) is 7.58. The number of nitrogens with one attached hydrogen (secondary N) is 1. The number of hydrogen-bond acceptors (Lipinski definition) is 7. The average Bonchev–Trinajstić information content (AvgIpc) is 3.23. The van der Waals surface area contributed by atoms with Crippen LogP contribution >= 0.6 is 11.6 Å². The first-order valence-corrected chi connectivity index (χ1v) is 12.3. The fourth-order valence-electron chi connectivity index (χ4n) is 4.06. The number of aromatic nitrogens is 2. The molecule has 9 nitrogen and oxygen atoms in total. The molecule has 31 heavy (non-hydrogen) atoms. The lowest BCUT2D eigenvalue weighted by atomic mass is 10.0. The summed E-state index contributed by atoms with van der Waals surface area (Å²) < 4.78 is 39.0. The Labute approximate surface area is 186 Å². The maximum Gasteiger partial charge on any atom is 0.287 e. The lowest BCUT2D eigenvalue weighted by molar-refractivity contribution is 0.0595. The molecule has 4 rings (SSSR count). The first-order valence-electron chi connectivity index (χ1n) is 10.5. The van der Waals surface area contributed by atoms with E-state index in [-0.39, 0.29) is 34.8 Å². The summed E-state index contributed by atoms with van der Waals surface area (Å²) in [4.78, 5) is 12.8. The third kappa shape index (κ3) is 4.82. The molecule has 2 aliphatic heterocycles. The molecule has 0 aliphatic carbocycles. The van der Waals surface area contributed by atoms with Crippen molar-refractivity contribution in [3.63, 3.8) is 0 Å². The van der Waals surface area contributed by atoms with Gasteiger partial charge in [-0.05, 0) is 50.7 Å². The minimum Gasteiger partial charge on any atom is -0.449 e. The first-order chi connectivity index (χ1) is 14.9. The number of ether oxygens (including phenoxy) is 1. The fraction of sp³-hybridized carbons (Fsp3) is 0.600. The maximum atomic E-state index is 12.8. The van der Waals surface area contributed by atoms with Gasteiger partial charge in [-0.15, -0.1) is 0 Å². The van der Waals surface area contributed by atoms with Gasteiger partial charge in [0.1, 0.15) is 10.8 Å². The van der Waals surface area contributed by atoms with Crippen LogP contribution in [0.4, 0.5) is 5.69 Å². The van der Waals surface area contributed by atoms with Gasteiger partial charge in [0.25, 0.3) is 15.6 Å². The van der Waals surface area contributed by atoms with Crippen LogP contribution in [0.25, 0.3) is 0 Å². The highest BCUT2D eigenvalue weighted by Gasteiger charge is 2.33. The van der Waals surface area contributed by atoms with E-state index in [9.17, 15) is 13.2 Å². The van der Waals surface area contributed by atoms with Gasteiger partial charge in [-0.2, -0.15) is 9.40 Å². The predicted molar refractivity (Wildman–Crippen MR) is 116 cm³/mol. The average molecular weight is 471 g/mol. The van der Waals surface area contributed by atoms with Gasteiger partial charge in [0.2, 0.25) is 5.09 Å². The Morgan fingerprint density at radius 3 is 2.68 bits per heavy atom. The molecule has 2 aliphatic rings. The minimum atomic E-state index is -3.68. The quantitative estimate of drug-likeness (QED) is 0.691. The standard InChI is InChI=1S/C20H27ClN4O5S/c1-14-4-5-18(30-14)31(27,28)24-8-6-16(7-9-24)25-20(26)19(21)17(12-23-25)22-11-15-3-2-10-29-13-15/h4-5,12,15-16,22H,2-3,6-11,13H2,1H3/t15-/m1/s1. The number of aryl methyl sites for hydroxylation is 1. The smallest absolute Gasteiger partial charge is 0.287 e. The van der Waals surface area contributed by atoms with Crippen molar-refractivity contribution in [1.82, 2.24) is 14.1 Å². The van der Waals surface area contributed by atoms with Gasteiger partial charge in [0.15, 0.2) is 0 Å². The van der Waals surface area contributed by atoms with Crippen LogP contribution < -0.4 is 10.9 Å². The molecule has 0 amide bonds. The zero-order chi connectivity index (χ0) is 22.0. The van der Waals surface area contributed by atoms with Crippen molar-refractivity contribution in [3.05, 3.63) is 39.5 Å². The Hall–Kier alpha value is -1.88. The van der Waals surface area contributed by atoms with Crippen molar-refractivity contribution in [3.8, 4) is 0 Å². The molecule has 0 aromatic carbocycles. The third-order valence-corrected chi connectivity index (χ3v) is 8.00. The summed E-state index contributed by atoms with van der Waals surface area (Å²) in [5.74, 6) is 0.931. The molecule has 2 saturated heterocycles. The van der Waals surface area contributed by atoms with Crippen LogP contribution in [-0.4, -0.2) is 55.4 Å². The van der Waals surface area contributed by atoms with Gasteiger partial charge in [0.05, 0.1) is 24.5 Å². The number of hydrogen-bond donors (Lipinski definition) is 1.